The Balaban J connectivity index is 2.51. The van der Waals surface area contributed by atoms with Gasteiger partial charge in [-0.1, -0.05) is 12.1 Å². The lowest BCUT2D eigenvalue weighted by Gasteiger charge is -2.44. The second-order valence-corrected chi connectivity index (χ2v) is 7.55. The highest BCUT2D eigenvalue weighted by Crippen LogP contribution is 2.30. The number of ether oxygens (including phenoxy) is 6. The van der Waals surface area contributed by atoms with E-state index >= 15 is 0 Å². The molecule has 0 aliphatic carbocycles. The molecule has 0 saturated carbocycles. The lowest BCUT2D eigenvalue weighted by atomic mass is 9.96. The third kappa shape index (κ3) is 7.95. The van der Waals surface area contributed by atoms with Crippen molar-refractivity contribution in [1.82, 2.24) is 5.32 Å². The Morgan fingerprint density at radius 3 is 2.09 bits per heavy atom. The monoisotopic (exact) mass is 495 g/mol. The number of hydrogen-bond acceptors (Lipinski definition) is 11. The fourth-order valence-electron chi connectivity index (χ4n) is 3.46. The zero-order valence-electron chi connectivity index (χ0n) is 20.1. The van der Waals surface area contributed by atoms with Crippen LogP contribution in [-0.2, 0) is 42.9 Å². The minimum atomic E-state index is -1.36. The molecule has 12 heteroatoms. The molecule has 1 saturated heterocycles. The highest BCUT2D eigenvalue weighted by molar-refractivity contribution is 5.92. The lowest BCUT2D eigenvalue weighted by molar-refractivity contribution is -0.257. The van der Waals surface area contributed by atoms with Gasteiger partial charge in [-0.2, -0.15) is 0 Å². The summed E-state index contributed by atoms with van der Waals surface area (Å²) in [6.07, 6.45) is -5.04. The van der Waals surface area contributed by atoms with E-state index in [1.807, 2.05) is 0 Å². The van der Waals surface area contributed by atoms with E-state index in [0.29, 0.717) is 0 Å². The highest BCUT2D eigenvalue weighted by Gasteiger charge is 2.52. The van der Waals surface area contributed by atoms with Crippen LogP contribution in [0.3, 0.4) is 0 Å². The molecule has 5 atom stereocenters. The van der Waals surface area contributed by atoms with E-state index in [1.165, 1.54) is 26.0 Å². The van der Waals surface area contributed by atoms with Gasteiger partial charge in [-0.15, -0.1) is 0 Å². The Bertz CT molecular complexity index is 947. The summed E-state index contributed by atoms with van der Waals surface area (Å²) < 4.78 is 32.8. The van der Waals surface area contributed by atoms with E-state index < -0.39 is 60.4 Å². The first-order valence-electron chi connectivity index (χ1n) is 10.9. The molecular formula is C23H29NO11. The summed E-state index contributed by atoms with van der Waals surface area (Å²) in [5, 5.41) is 2.59. The summed E-state index contributed by atoms with van der Waals surface area (Å²) in [7, 11) is 0. The smallest absolute Gasteiger partial charge is 0.341 e. The quantitative estimate of drug-likeness (QED) is 0.384. The van der Waals surface area contributed by atoms with Crippen LogP contribution in [0.2, 0.25) is 0 Å². The molecule has 0 radical (unpaired) electrons. The number of para-hydroxylation sites is 1. The van der Waals surface area contributed by atoms with Gasteiger partial charge in [-0.05, 0) is 19.1 Å². The minimum absolute atomic E-state index is 0.0602. The molecule has 1 amide bonds. The van der Waals surface area contributed by atoms with E-state index in [4.69, 9.17) is 28.4 Å². The first kappa shape index (κ1) is 27.6. The average Bonchev–Trinajstić information content (AvgIpc) is 2.76. The molecule has 1 aliphatic heterocycles. The summed E-state index contributed by atoms with van der Waals surface area (Å²) in [6, 6.07) is 5.00. The van der Waals surface area contributed by atoms with Gasteiger partial charge in [0, 0.05) is 27.7 Å². The van der Waals surface area contributed by atoms with Crippen molar-refractivity contribution in [3.63, 3.8) is 0 Å². The summed E-state index contributed by atoms with van der Waals surface area (Å²) >= 11 is 0. The van der Waals surface area contributed by atoms with Crippen LogP contribution in [0.4, 0.5) is 0 Å². The molecule has 12 nitrogen and oxygen atoms in total. The predicted molar refractivity (Wildman–Crippen MR) is 117 cm³/mol. The largest absolute Gasteiger partial charge is 0.463 e. The number of rotatable bonds is 9. The van der Waals surface area contributed by atoms with Crippen LogP contribution >= 0.6 is 0 Å². The number of hydrogen-bond donors (Lipinski definition) is 1. The summed E-state index contributed by atoms with van der Waals surface area (Å²) in [5.41, 5.74) is 0.0854. The highest BCUT2D eigenvalue weighted by atomic mass is 16.7. The van der Waals surface area contributed by atoms with Crippen molar-refractivity contribution in [2.75, 3.05) is 13.2 Å². The fraction of sp³-hybridized carbons (Fsp3) is 0.522. The number of carbonyl (C=O) groups excluding carboxylic acids is 5. The van der Waals surface area contributed by atoms with Gasteiger partial charge in [0.05, 0.1) is 6.61 Å². The number of benzene rings is 1. The molecule has 1 aromatic carbocycles. The second kappa shape index (κ2) is 12.7. The van der Waals surface area contributed by atoms with Crippen LogP contribution < -0.4 is 10.1 Å². The van der Waals surface area contributed by atoms with Crippen molar-refractivity contribution in [2.45, 2.75) is 65.3 Å². The van der Waals surface area contributed by atoms with Gasteiger partial charge < -0.3 is 33.7 Å². The van der Waals surface area contributed by atoms with Crippen LogP contribution in [0, 0.1) is 0 Å². The molecule has 1 fully saturated rings. The molecular weight excluding hydrogens is 466 g/mol. The normalized spacial score (nSPS) is 23.4. The van der Waals surface area contributed by atoms with E-state index in [-0.39, 0.29) is 24.5 Å². The van der Waals surface area contributed by atoms with E-state index in [9.17, 15) is 24.0 Å². The molecule has 1 heterocycles. The maximum atomic E-state index is 12.4. The third-order valence-corrected chi connectivity index (χ3v) is 4.70. The Morgan fingerprint density at radius 1 is 0.886 bits per heavy atom. The van der Waals surface area contributed by atoms with Gasteiger partial charge in [0.1, 0.15) is 30.1 Å². The van der Waals surface area contributed by atoms with Gasteiger partial charge in [0.2, 0.25) is 12.2 Å². The van der Waals surface area contributed by atoms with Crippen molar-refractivity contribution in [3.8, 4) is 5.75 Å². The number of amides is 1. The van der Waals surface area contributed by atoms with E-state index in [1.54, 1.807) is 19.1 Å². The Kier molecular flexibility index (Phi) is 10.0. The Morgan fingerprint density at radius 2 is 1.51 bits per heavy atom. The van der Waals surface area contributed by atoms with Gasteiger partial charge >= 0.3 is 23.9 Å². The average molecular weight is 495 g/mol. The molecule has 192 valence electrons. The molecule has 1 aromatic rings. The zero-order valence-corrected chi connectivity index (χ0v) is 20.1. The van der Waals surface area contributed by atoms with Crippen LogP contribution in [-0.4, -0.2) is 73.6 Å². The van der Waals surface area contributed by atoms with Gasteiger partial charge in [-0.25, -0.2) is 4.79 Å². The summed E-state index contributed by atoms with van der Waals surface area (Å²) in [4.78, 5) is 59.6. The van der Waals surface area contributed by atoms with E-state index in [2.05, 4.69) is 5.32 Å². The maximum Gasteiger partial charge on any atom is 0.341 e. The lowest BCUT2D eigenvalue weighted by Crippen LogP contribution is -2.67. The van der Waals surface area contributed by atoms with Crippen LogP contribution in [0.5, 0.6) is 5.75 Å². The number of esters is 4. The van der Waals surface area contributed by atoms with Crippen molar-refractivity contribution < 1.29 is 52.4 Å². The standard InChI is InChI=1S/C23H29NO11/c1-6-30-22(29)16-9-7-8-10-17(16)34-23-19(24-12(2)25)21(33-15(5)28)20(32-14(4)27)18(35-23)11-31-13(3)26/h7-10,18-21,23H,6,11H2,1-5H3,(H,24,25)/t18-,19-,20+,21+,23-/m1/s1. The van der Waals surface area contributed by atoms with Crippen molar-refractivity contribution >= 4 is 29.8 Å². The SMILES string of the molecule is CCOC(=O)c1ccccc1O[C@@H]1O[C@H](COC(C)=O)[C@H](OC(C)=O)[C@@H](OC(C)=O)[C@H]1NC(C)=O. The summed E-state index contributed by atoms with van der Waals surface area (Å²) in [5.74, 6) is -3.21. The Labute approximate surface area is 202 Å². The number of carbonyl (C=O) groups is 5. The molecule has 1 N–H and O–H groups in total. The number of nitrogens with one attached hydrogen (secondary N) is 1. The second-order valence-electron chi connectivity index (χ2n) is 7.55. The van der Waals surface area contributed by atoms with Crippen LogP contribution in [0.15, 0.2) is 24.3 Å². The van der Waals surface area contributed by atoms with Gasteiger partial charge in [-0.3, -0.25) is 19.2 Å². The van der Waals surface area contributed by atoms with Gasteiger partial charge in [0.25, 0.3) is 0 Å². The van der Waals surface area contributed by atoms with Crippen LogP contribution in [0.1, 0.15) is 45.0 Å². The fourth-order valence-corrected chi connectivity index (χ4v) is 3.46. The molecule has 0 bridgehead atoms. The van der Waals surface area contributed by atoms with E-state index in [0.717, 1.165) is 13.8 Å². The molecule has 0 unspecified atom stereocenters. The molecule has 1 aliphatic rings. The zero-order chi connectivity index (χ0) is 26.1. The summed E-state index contributed by atoms with van der Waals surface area (Å²) in [6.45, 7) is 6.08. The topological polar surface area (TPSA) is 153 Å². The van der Waals surface area contributed by atoms with Crippen molar-refractivity contribution in [3.05, 3.63) is 29.8 Å². The molecule has 2 rings (SSSR count). The van der Waals surface area contributed by atoms with Crippen molar-refractivity contribution in [2.24, 2.45) is 0 Å². The predicted octanol–water partition coefficient (Wildman–Crippen LogP) is 0.898. The molecule has 0 spiro atoms. The van der Waals surface area contributed by atoms with Crippen molar-refractivity contribution in [1.29, 1.82) is 0 Å². The van der Waals surface area contributed by atoms with Crippen LogP contribution in [0.25, 0.3) is 0 Å². The third-order valence-electron chi connectivity index (χ3n) is 4.70. The first-order chi connectivity index (χ1) is 16.5. The maximum absolute atomic E-state index is 12.4. The minimum Gasteiger partial charge on any atom is -0.463 e. The first-order valence-corrected chi connectivity index (χ1v) is 10.9. The molecule has 35 heavy (non-hydrogen) atoms. The Hall–Kier alpha value is -3.67. The van der Waals surface area contributed by atoms with Gasteiger partial charge in [0.15, 0.2) is 12.2 Å². The molecule has 0 aromatic heterocycles.